The van der Waals surface area contributed by atoms with Gasteiger partial charge in [0.15, 0.2) is 0 Å². The van der Waals surface area contributed by atoms with E-state index in [1.165, 1.54) is 6.07 Å². The summed E-state index contributed by atoms with van der Waals surface area (Å²) in [4.78, 5) is 0.184. The third kappa shape index (κ3) is 2.49. The maximum atomic E-state index is 11.3. The monoisotopic (exact) mass is 296 g/mol. The molecular formula is C9H10BrClO2S. The van der Waals surface area contributed by atoms with Gasteiger partial charge in [-0.05, 0) is 23.6 Å². The van der Waals surface area contributed by atoms with Crippen molar-refractivity contribution < 1.29 is 8.42 Å². The van der Waals surface area contributed by atoms with Crippen LogP contribution in [0.25, 0.3) is 0 Å². The molecule has 0 radical (unpaired) electrons. The Morgan fingerprint density at radius 3 is 2.29 bits per heavy atom. The van der Waals surface area contributed by atoms with Crippen LogP contribution in [0.4, 0.5) is 0 Å². The maximum Gasteiger partial charge on any atom is 0.261 e. The summed E-state index contributed by atoms with van der Waals surface area (Å²) in [6.07, 6.45) is 0. The van der Waals surface area contributed by atoms with Crippen LogP contribution in [0.1, 0.15) is 25.3 Å². The van der Waals surface area contributed by atoms with Crippen LogP contribution in [-0.2, 0) is 9.05 Å². The molecule has 1 aromatic rings. The molecule has 0 aliphatic carbocycles. The van der Waals surface area contributed by atoms with Crippen molar-refractivity contribution in [1.29, 1.82) is 0 Å². The van der Waals surface area contributed by atoms with E-state index in [-0.39, 0.29) is 10.8 Å². The minimum absolute atomic E-state index is 0.106. The average molecular weight is 298 g/mol. The zero-order valence-electron chi connectivity index (χ0n) is 7.79. The summed E-state index contributed by atoms with van der Waals surface area (Å²) in [5.41, 5.74) is 0.725. The van der Waals surface area contributed by atoms with Crippen LogP contribution < -0.4 is 0 Å². The predicted molar refractivity (Wildman–Crippen MR) is 61.3 cm³/mol. The topological polar surface area (TPSA) is 34.1 Å². The van der Waals surface area contributed by atoms with Gasteiger partial charge in [0, 0.05) is 15.2 Å². The third-order valence-electron chi connectivity index (χ3n) is 1.85. The summed E-state index contributed by atoms with van der Waals surface area (Å²) >= 11 is 3.32. The molecule has 0 aromatic heterocycles. The van der Waals surface area contributed by atoms with Gasteiger partial charge in [-0.25, -0.2) is 8.42 Å². The van der Waals surface area contributed by atoms with Crippen LogP contribution in [0.15, 0.2) is 27.6 Å². The Morgan fingerprint density at radius 1 is 1.36 bits per heavy atom. The number of rotatable bonds is 2. The van der Waals surface area contributed by atoms with Crippen molar-refractivity contribution in [1.82, 2.24) is 0 Å². The van der Waals surface area contributed by atoms with Crippen LogP contribution in [0.2, 0.25) is 0 Å². The molecule has 0 bridgehead atoms. The molecule has 5 heteroatoms. The fourth-order valence-corrected chi connectivity index (χ4v) is 3.50. The molecule has 0 aliphatic rings. The Hall–Kier alpha value is -0.0600. The molecule has 0 heterocycles. The number of hydrogen-bond acceptors (Lipinski definition) is 2. The second-order valence-corrected chi connectivity index (χ2v) is 6.63. The zero-order valence-corrected chi connectivity index (χ0v) is 10.9. The van der Waals surface area contributed by atoms with Gasteiger partial charge in [0.25, 0.3) is 9.05 Å². The molecule has 0 saturated carbocycles. The fourth-order valence-electron chi connectivity index (χ4n) is 1.29. The molecule has 78 valence electrons. The molecule has 0 atom stereocenters. The summed E-state index contributed by atoms with van der Waals surface area (Å²) in [6, 6.07) is 4.98. The van der Waals surface area contributed by atoms with E-state index >= 15 is 0 Å². The van der Waals surface area contributed by atoms with Gasteiger partial charge in [0.1, 0.15) is 0 Å². The maximum absolute atomic E-state index is 11.3. The lowest BCUT2D eigenvalue weighted by atomic mass is 10.0. The van der Waals surface area contributed by atoms with Crippen LogP contribution in [0.3, 0.4) is 0 Å². The summed E-state index contributed by atoms with van der Waals surface area (Å²) < 4.78 is 23.3. The van der Waals surface area contributed by atoms with Crippen molar-refractivity contribution in [2.24, 2.45) is 0 Å². The first-order chi connectivity index (χ1) is 6.34. The zero-order chi connectivity index (χ0) is 10.9. The summed E-state index contributed by atoms with van der Waals surface area (Å²) in [6.45, 7) is 3.84. The first kappa shape index (κ1) is 12.0. The largest absolute Gasteiger partial charge is 0.261 e. The van der Waals surface area contributed by atoms with Gasteiger partial charge in [-0.2, -0.15) is 0 Å². The Labute approximate surface area is 96.8 Å². The Bertz CT molecular complexity index is 440. The number of hydrogen-bond donors (Lipinski definition) is 0. The quantitative estimate of drug-likeness (QED) is 0.783. The predicted octanol–water partition coefficient (Wildman–Crippen LogP) is 3.50. The van der Waals surface area contributed by atoms with Gasteiger partial charge >= 0.3 is 0 Å². The van der Waals surface area contributed by atoms with Gasteiger partial charge in [0.05, 0.1) is 4.90 Å². The number of halogens is 2. The lowest BCUT2D eigenvalue weighted by Crippen LogP contribution is -2.00. The highest BCUT2D eigenvalue weighted by atomic mass is 79.9. The van der Waals surface area contributed by atoms with E-state index in [2.05, 4.69) is 15.9 Å². The summed E-state index contributed by atoms with van der Waals surface area (Å²) in [5, 5.41) is 0. The summed E-state index contributed by atoms with van der Waals surface area (Å²) in [5.74, 6) is 0.106. The second kappa shape index (κ2) is 4.21. The first-order valence-electron chi connectivity index (χ1n) is 4.07. The molecule has 14 heavy (non-hydrogen) atoms. The van der Waals surface area contributed by atoms with E-state index in [0.29, 0.717) is 0 Å². The van der Waals surface area contributed by atoms with E-state index in [9.17, 15) is 8.42 Å². The normalized spacial score (nSPS) is 12.1. The molecule has 2 nitrogen and oxygen atoms in total. The van der Waals surface area contributed by atoms with Crippen molar-refractivity contribution in [2.75, 3.05) is 0 Å². The van der Waals surface area contributed by atoms with E-state index in [1.807, 2.05) is 13.8 Å². The van der Waals surface area contributed by atoms with E-state index in [1.54, 1.807) is 12.1 Å². The van der Waals surface area contributed by atoms with Crippen molar-refractivity contribution in [3.05, 3.63) is 28.2 Å². The Kier molecular flexibility index (Phi) is 3.61. The van der Waals surface area contributed by atoms with Gasteiger partial charge in [-0.15, -0.1) is 0 Å². The molecule has 0 saturated heterocycles. The van der Waals surface area contributed by atoms with Crippen LogP contribution in [0, 0.1) is 0 Å². The second-order valence-electron chi connectivity index (χ2n) is 3.24. The molecule has 1 rings (SSSR count). The smallest absolute Gasteiger partial charge is 0.207 e. The van der Waals surface area contributed by atoms with Gasteiger partial charge < -0.3 is 0 Å². The van der Waals surface area contributed by atoms with Crippen LogP contribution in [0.5, 0.6) is 0 Å². The molecule has 0 amide bonds. The molecule has 1 aromatic carbocycles. The van der Waals surface area contributed by atoms with Crippen LogP contribution in [-0.4, -0.2) is 8.42 Å². The Morgan fingerprint density at radius 2 is 1.93 bits per heavy atom. The number of benzene rings is 1. The average Bonchev–Trinajstić information content (AvgIpc) is 2.01. The highest BCUT2D eigenvalue weighted by molar-refractivity contribution is 9.10. The fraction of sp³-hybridized carbons (Fsp3) is 0.333. The minimum atomic E-state index is -3.66. The lowest BCUT2D eigenvalue weighted by molar-refractivity contribution is 0.607. The van der Waals surface area contributed by atoms with Gasteiger partial charge in [-0.3, -0.25) is 0 Å². The molecule has 0 spiro atoms. The van der Waals surface area contributed by atoms with Crippen LogP contribution >= 0.6 is 26.6 Å². The van der Waals surface area contributed by atoms with E-state index < -0.39 is 9.05 Å². The van der Waals surface area contributed by atoms with Crippen molar-refractivity contribution >= 4 is 35.7 Å². The highest BCUT2D eigenvalue weighted by Gasteiger charge is 2.19. The third-order valence-corrected chi connectivity index (χ3v) is 3.92. The van der Waals surface area contributed by atoms with Crippen molar-refractivity contribution in [2.45, 2.75) is 24.7 Å². The molecule has 0 unspecified atom stereocenters. The minimum Gasteiger partial charge on any atom is -0.207 e. The molecule has 0 aliphatic heterocycles. The molecule has 0 fully saturated rings. The lowest BCUT2D eigenvalue weighted by Gasteiger charge is -2.12. The van der Waals surface area contributed by atoms with Gasteiger partial charge in [-0.1, -0.05) is 35.8 Å². The summed E-state index contributed by atoms with van der Waals surface area (Å²) in [7, 11) is 1.67. The van der Waals surface area contributed by atoms with Gasteiger partial charge in [0.2, 0.25) is 0 Å². The van der Waals surface area contributed by atoms with E-state index in [4.69, 9.17) is 10.7 Å². The molecular weight excluding hydrogens is 288 g/mol. The SMILES string of the molecule is CC(C)c1c(Br)cccc1S(=O)(=O)Cl. The highest BCUT2D eigenvalue weighted by Crippen LogP contribution is 2.32. The standard InChI is InChI=1S/C9H10BrClO2S/c1-6(2)9-7(10)4-3-5-8(9)14(11,12)13/h3-6H,1-2H3. The van der Waals surface area contributed by atoms with Crippen molar-refractivity contribution in [3.8, 4) is 0 Å². The Balaban J connectivity index is 3.52. The molecule has 0 N–H and O–H groups in total. The van der Waals surface area contributed by atoms with Crippen molar-refractivity contribution in [3.63, 3.8) is 0 Å². The van der Waals surface area contributed by atoms with E-state index in [0.717, 1.165) is 10.0 Å². The first-order valence-corrected chi connectivity index (χ1v) is 7.17.